The van der Waals surface area contributed by atoms with Gasteiger partial charge in [-0.25, -0.2) is 0 Å². The number of hydrogen-bond donors (Lipinski definition) is 0. The molecule has 1 aliphatic heterocycles. The van der Waals surface area contributed by atoms with E-state index in [0.717, 1.165) is 24.4 Å². The fourth-order valence-corrected chi connectivity index (χ4v) is 3.29. The van der Waals surface area contributed by atoms with E-state index < -0.39 is 0 Å². The zero-order valence-corrected chi connectivity index (χ0v) is 13.2. The van der Waals surface area contributed by atoms with Gasteiger partial charge in [0.2, 0.25) is 9.47 Å². The van der Waals surface area contributed by atoms with E-state index in [1.807, 2.05) is 17.0 Å². The summed E-state index contributed by atoms with van der Waals surface area (Å²) < 4.78 is 0.303. The third-order valence-corrected chi connectivity index (χ3v) is 4.61. The number of hydrogen-bond acceptors (Lipinski definition) is 5. The minimum Gasteiger partial charge on any atom is -0.368 e. The van der Waals surface area contributed by atoms with Crippen molar-refractivity contribution in [2.45, 2.75) is 6.92 Å². The highest BCUT2D eigenvalue weighted by Crippen LogP contribution is 2.22. The summed E-state index contributed by atoms with van der Waals surface area (Å²) in [5.41, 5.74) is 2.50. The maximum atomic E-state index is 12.3. The predicted molar refractivity (Wildman–Crippen MR) is 84.2 cm³/mol. The van der Waals surface area contributed by atoms with Crippen LogP contribution in [-0.2, 0) is 0 Å². The second-order valence-electron chi connectivity index (χ2n) is 4.93. The Hall–Kier alpha value is -1.66. The number of aryl methyl sites for hydroxylation is 1. The number of piperazine rings is 1. The van der Waals surface area contributed by atoms with E-state index in [-0.39, 0.29) is 5.91 Å². The molecule has 0 spiro atoms. The zero-order chi connectivity index (χ0) is 14.8. The molecule has 1 aliphatic rings. The maximum Gasteiger partial charge on any atom is 0.285 e. The van der Waals surface area contributed by atoms with Gasteiger partial charge in [0.1, 0.15) is 0 Å². The third kappa shape index (κ3) is 3.01. The van der Waals surface area contributed by atoms with Crippen molar-refractivity contribution < 1.29 is 4.79 Å². The molecule has 1 saturated heterocycles. The van der Waals surface area contributed by atoms with Crippen molar-refractivity contribution >= 4 is 34.5 Å². The summed E-state index contributed by atoms with van der Waals surface area (Å²) >= 11 is 6.86. The Morgan fingerprint density at radius 2 is 1.90 bits per heavy atom. The van der Waals surface area contributed by atoms with E-state index in [0.29, 0.717) is 22.6 Å². The van der Waals surface area contributed by atoms with Crippen LogP contribution >= 0.6 is 22.9 Å². The fraction of sp³-hybridized carbons (Fsp3) is 0.357. The molecule has 21 heavy (non-hydrogen) atoms. The molecule has 1 amide bonds. The van der Waals surface area contributed by atoms with Crippen molar-refractivity contribution in [2.75, 3.05) is 31.1 Å². The van der Waals surface area contributed by atoms with Crippen LogP contribution in [0.5, 0.6) is 0 Å². The van der Waals surface area contributed by atoms with Gasteiger partial charge in [-0.05, 0) is 30.2 Å². The van der Waals surface area contributed by atoms with Crippen LogP contribution in [0.1, 0.15) is 15.4 Å². The van der Waals surface area contributed by atoms with Crippen LogP contribution in [0.25, 0.3) is 0 Å². The van der Waals surface area contributed by atoms with Crippen molar-refractivity contribution in [2.24, 2.45) is 0 Å². The summed E-state index contributed by atoms with van der Waals surface area (Å²) in [4.78, 5) is 16.4. The first-order chi connectivity index (χ1) is 10.1. The standard InChI is InChI=1S/C14H15ClN4OS/c1-10-4-2-3-5-11(10)18-6-8-19(9-7-18)13(20)12-16-17-14(15)21-12/h2-5H,6-9H2,1H3. The third-order valence-electron chi connectivity index (χ3n) is 3.61. The minimum absolute atomic E-state index is 0.0798. The van der Waals surface area contributed by atoms with Gasteiger partial charge in [0, 0.05) is 31.9 Å². The Kier molecular flexibility index (Phi) is 4.07. The van der Waals surface area contributed by atoms with Gasteiger partial charge >= 0.3 is 0 Å². The number of amides is 1. The van der Waals surface area contributed by atoms with Crippen LogP contribution in [0.4, 0.5) is 5.69 Å². The number of anilines is 1. The lowest BCUT2D eigenvalue weighted by atomic mass is 10.1. The molecule has 2 heterocycles. The highest BCUT2D eigenvalue weighted by Gasteiger charge is 2.25. The number of nitrogens with zero attached hydrogens (tertiary/aromatic N) is 4. The molecule has 5 nitrogen and oxygen atoms in total. The Morgan fingerprint density at radius 3 is 2.52 bits per heavy atom. The molecule has 0 aliphatic carbocycles. The normalized spacial score (nSPS) is 15.3. The Bertz CT molecular complexity index is 652. The summed E-state index contributed by atoms with van der Waals surface area (Å²) in [6, 6.07) is 8.31. The molecule has 1 aromatic heterocycles. The van der Waals surface area contributed by atoms with Crippen molar-refractivity contribution in [3.05, 3.63) is 39.3 Å². The monoisotopic (exact) mass is 322 g/mol. The van der Waals surface area contributed by atoms with Crippen LogP contribution in [0.15, 0.2) is 24.3 Å². The number of halogens is 1. The molecule has 7 heteroatoms. The summed E-state index contributed by atoms with van der Waals surface area (Å²) in [6.07, 6.45) is 0. The minimum atomic E-state index is -0.0798. The molecule has 0 atom stereocenters. The molecule has 110 valence electrons. The van der Waals surface area contributed by atoms with Crippen LogP contribution in [0.3, 0.4) is 0 Å². The first kappa shape index (κ1) is 14.3. The number of carbonyl (C=O) groups excluding carboxylic acids is 1. The Labute approximate surface area is 132 Å². The largest absolute Gasteiger partial charge is 0.368 e. The molecule has 0 saturated carbocycles. The molecular weight excluding hydrogens is 308 g/mol. The van der Waals surface area contributed by atoms with Gasteiger partial charge in [-0.2, -0.15) is 0 Å². The number of para-hydroxylation sites is 1. The predicted octanol–water partition coefficient (Wildman–Crippen LogP) is 2.46. The quantitative estimate of drug-likeness (QED) is 0.852. The summed E-state index contributed by atoms with van der Waals surface area (Å²) in [6.45, 7) is 5.12. The second kappa shape index (κ2) is 5.99. The number of aromatic nitrogens is 2. The van der Waals surface area contributed by atoms with Crippen LogP contribution in [0.2, 0.25) is 4.47 Å². The van der Waals surface area contributed by atoms with Crippen molar-refractivity contribution in [3.8, 4) is 0 Å². The molecule has 1 fully saturated rings. The maximum absolute atomic E-state index is 12.3. The summed E-state index contributed by atoms with van der Waals surface area (Å²) in [5, 5.41) is 7.86. The molecule has 0 unspecified atom stereocenters. The lowest BCUT2D eigenvalue weighted by molar-refractivity contribution is 0.0745. The lowest BCUT2D eigenvalue weighted by Crippen LogP contribution is -2.49. The van der Waals surface area contributed by atoms with Crippen molar-refractivity contribution in [3.63, 3.8) is 0 Å². The Balaban J connectivity index is 1.65. The molecule has 0 radical (unpaired) electrons. The van der Waals surface area contributed by atoms with E-state index in [9.17, 15) is 4.79 Å². The van der Waals surface area contributed by atoms with Crippen molar-refractivity contribution in [1.82, 2.24) is 15.1 Å². The SMILES string of the molecule is Cc1ccccc1N1CCN(C(=O)c2nnc(Cl)s2)CC1. The van der Waals surface area contributed by atoms with Crippen LogP contribution < -0.4 is 4.90 Å². The average Bonchev–Trinajstić information content (AvgIpc) is 2.94. The van der Waals surface area contributed by atoms with Gasteiger partial charge < -0.3 is 9.80 Å². The summed E-state index contributed by atoms with van der Waals surface area (Å²) in [5.74, 6) is -0.0798. The van der Waals surface area contributed by atoms with Gasteiger partial charge in [0.05, 0.1) is 0 Å². The highest BCUT2D eigenvalue weighted by molar-refractivity contribution is 7.17. The average molecular weight is 323 g/mol. The smallest absolute Gasteiger partial charge is 0.285 e. The molecular formula is C14H15ClN4OS. The van der Waals surface area contributed by atoms with E-state index in [4.69, 9.17) is 11.6 Å². The topological polar surface area (TPSA) is 49.3 Å². The summed E-state index contributed by atoms with van der Waals surface area (Å²) in [7, 11) is 0. The van der Waals surface area contributed by atoms with Gasteiger partial charge in [0.25, 0.3) is 5.91 Å². The first-order valence-corrected chi connectivity index (χ1v) is 7.93. The zero-order valence-electron chi connectivity index (χ0n) is 11.6. The van der Waals surface area contributed by atoms with Gasteiger partial charge in [-0.1, -0.05) is 29.5 Å². The molecule has 1 aromatic carbocycles. The van der Waals surface area contributed by atoms with Gasteiger partial charge in [-0.3, -0.25) is 4.79 Å². The first-order valence-electron chi connectivity index (χ1n) is 6.74. The van der Waals surface area contributed by atoms with Crippen LogP contribution in [0, 0.1) is 6.92 Å². The van der Waals surface area contributed by atoms with E-state index in [1.165, 1.54) is 11.3 Å². The molecule has 0 bridgehead atoms. The van der Waals surface area contributed by atoms with Gasteiger partial charge in [0.15, 0.2) is 0 Å². The number of benzene rings is 1. The number of rotatable bonds is 2. The van der Waals surface area contributed by atoms with Crippen LogP contribution in [-0.4, -0.2) is 47.2 Å². The van der Waals surface area contributed by atoms with E-state index in [2.05, 4.69) is 34.2 Å². The molecule has 3 rings (SSSR count). The Morgan fingerprint density at radius 1 is 1.19 bits per heavy atom. The fourth-order valence-electron chi connectivity index (χ4n) is 2.50. The van der Waals surface area contributed by atoms with Crippen molar-refractivity contribution in [1.29, 1.82) is 0 Å². The van der Waals surface area contributed by atoms with Gasteiger partial charge in [-0.15, -0.1) is 10.2 Å². The highest BCUT2D eigenvalue weighted by atomic mass is 35.5. The molecule has 2 aromatic rings. The van der Waals surface area contributed by atoms with E-state index in [1.54, 1.807) is 0 Å². The number of carbonyl (C=O) groups is 1. The second-order valence-corrected chi connectivity index (χ2v) is 6.49. The lowest BCUT2D eigenvalue weighted by Gasteiger charge is -2.36. The van der Waals surface area contributed by atoms with E-state index >= 15 is 0 Å². The molecule has 0 N–H and O–H groups in total.